The molecule has 1 aromatic carbocycles. The van der Waals surface area contributed by atoms with E-state index < -0.39 is 17.2 Å². The van der Waals surface area contributed by atoms with Gasteiger partial charge in [0.2, 0.25) is 5.43 Å². The van der Waals surface area contributed by atoms with E-state index in [0.717, 1.165) is 25.2 Å². The zero-order chi connectivity index (χ0) is 20.3. The molecule has 2 aliphatic heterocycles. The number of anilines is 1. The van der Waals surface area contributed by atoms with Crippen LogP contribution < -0.4 is 20.4 Å². The van der Waals surface area contributed by atoms with Crippen molar-refractivity contribution in [1.29, 1.82) is 0 Å². The monoisotopic (exact) mass is 417 g/mol. The lowest BCUT2D eigenvalue weighted by Crippen LogP contribution is -2.28. The molecule has 0 saturated carbocycles. The molecule has 1 fully saturated rings. The van der Waals surface area contributed by atoms with Crippen molar-refractivity contribution in [2.75, 3.05) is 31.1 Å². The summed E-state index contributed by atoms with van der Waals surface area (Å²) >= 11 is 1.19. The van der Waals surface area contributed by atoms with Crippen LogP contribution in [-0.4, -0.2) is 41.7 Å². The summed E-state index contributed by atoms with van der Waals surface area (Å²) < 4.78 is 22.9. The molecule has 1 saturated heterocycles. The van der Waals surface area contributed by atoms with Gasteiger partial charge in [0.1, 0.15) is 28.2 Å². The second kappa shape index (κ2) is 6.70. The average molecular weight is 417 g/mol. The van der Waals surface area contributed by atoms with Crippen LogP contribution in [-0.2, 0) is 6.61 Å². The molecule has 3 aromatic rings. The highest BCUT2D eigenvalue weighted by Crippen LogP contribution is 2.44. The van der Waals surface area contributed by atoms with Crippen molar-refractivity contribution < 1.29 is 19.0 Å². The van der Waals surface area contributed by atoms with Crippen molar-refractivity contribution in [3.63, 3.8) is 0 Å². The molecule has 1 unspecified atom stereocenters. The second-order valence-corrected chi connectivity index (χ2v) is 8.36. The lowest BCUT2D eigenvalue weighted by atomic mass is 10.1. The van der Waals surface area contributed by atoms with Crippen LogP contribution in [0.2, 0.25) is 0 Å². The zero-order valence-electron chi connectivity index (χ0n) is 15.8. The first-order valence-electron chi connectivity index (χ1n) is 9.64. The Bertz CT molecular complexity index is 1220. The molecule has 4 heterocycles. The lowest BCUT2D eigenvalue weighted by molar-refractivity contribution is 0.0697. The Labute approximate surface area is 169 Å². The van der Waals surface area contributed by atoms with Gasteiger partial charge in [0, 0.05) is 18.5 Å². The molecular formula is C20H20FN3O4S. The average Bonchev–Trinajstić information content (AvgIpc) is 3.32. The number of carboxylic acid groups (broad SMARTS) is 1. The predicted molar refractivity (Wildman–Crippen MR) is 109 cm³/mol. The number of hydrogen-bond acceptors (Lipinski definition) is 6. The van der Waals surface area contributed by atoms with Crippen LogP contribution in [0.4, 0.5) is 10.1 Å². The summed E-state index contributed by atoms with van der Waals surface area (Å²) in [7, 11) is 0. The smallest absolute Gasteiger partial charge is 0.342 e. The molecule has 5 rings (SSSR count). The van der Waals surface area contributed by atoms with Crippen LogP contribution in [0.5, 0.6) is 5.75 Å². The van der Waals surface area contributed by atoms with Crippen molar-refractivity contribution in [3.8, 4) is 5.75 Å². The molecule has 2 N–H and O–H groups in total. The number of rotatable bonds is 5. The molecule has 152 valence electrons. The number of halogens is 1. The number of pyridine rings is 1. The number of carboxylic acids is 1. The molecule has 0 amide bonds. The SMILES string of the molecule is CCNCC1CCN(c2c(F)cc3c(=O)c(C(=O)O)c4scc5n4c3c2OC5)C1. The Morgan fingerprint density at radius 2 is 2.31 bits per heavy atom. The van der Waals surface area contributed by atoms with Crippen LogP contribution >= 0.6 is 11.3 Å². The Morgan fingerprint density at radius 1 is 1.48 bits per heavy atom. The summed E-state index contributed by atoms with van der Waals surface area (Å²) in [5, 5.41) is 14.7. The zero-order valence-corrected chi connectivity index (χ0v) is 16.6. The predicted octanol–water partition coefficient (Wildman–Crippen LogP) is 2.68. The highest BCUT2D eigenvalue weighted by Gasteiger charge is 2.33. The van der Waals surface area contributed by atoms with Crippen molar-refractivity contribution in [3.05, 3.63) is 38.7 Å². The van der Waals surface area contributed by atoms with Crippen LogP contribution in [0.15, 0.2) is 16.2 Å². The molecule has 0 spiro atoms. The first-order chi connectivity index (χ1) is 14.0. The summed E-state index contributed by atoms with van der Waals surface area (Å²) in [6, 6.07) is 1.17. The summed E-state index contributed by atoms with van der Waals surface area (Å²) in [6.07, 6.45) is 0.945. The number of nitrogens with zero attached hydrogens (tertiary/aromatic N) is 2. The van der Waals surface area contributed by atoms with Gasteiger partial charge in [-0.15, -0.1) is 11.3 Å². The molecule has 7 nitrogen and oxygen atoms in total. The molecule has 0 radical (unpaired) electrons. The van der Waals surface area contributed by atoms with Crippen molar-refractivity contribution in [2.45, 2.75) is 20.0 Å². The van der Waals surface area contributed by atoms with Gasteiger partial charge in [0.05, 0.1) is 11.1 Å². The minimum Gasteiger partial charge on any atom is -0.483 e. The van der Waals surface area contributed by atoms with Gasteiger partial charge in [-0.05, 0) is 31.5 Å². The van der Waals surface area contributed by atoms with E-state index in [4.69, 9.17) is 4.74 Å². The molecule has 0 bridgehead atoms. The number of benzene rings is 1. The minimum absolute atomic E-state index is 0.0406. The Balaban J connectivity index is 1.74. The summed E-state index contributed by atoms with van der Waals surface area (Å²) in [6.45, 7) is 5.43. The Morgan fingerprint density at radius 3 is 3.07 bits per heavy atom. The van der Waals surface area contributed by atoms with E-state index in [-0.39, 0.29) is 17.6 Å². The van der Waals surface area contributed by atoms with Crippen LogP contribution in [0.25, 0.3) is 15.7 Å². The van der Waals surface area contributed by atoms with Gasteiger partial charge in [-0.1, -0.05) is 6.92 Å². The van der Waals surface area contributed by atoms with Gasteiger partial charge < -0.3 is 20.1 Å². The van der Waals surface area contributed by atoms with Gasteiger partial charge in [-0.25, -0.2) is 9.18 Å². The fourth-order valence-electron chi connectivity index (χ4n) is 4.42. The molecule has 2 aromatic heterocycles. The van der Waals surface area contributed by atoms with Gasteiger partial charge in [0.15, 0.2) is 11.6 Å². The lowest BCUT2D eigenvalue weighted by Gasteiger charge is -2.27. The minimum atomic E-state index is -1.30. The van der Waals surface area contributed by atoms with Crippen LogP contribution in [0.1, 0.15) is 29.4 Å². The number of nitrogens with one attached hydrogen (secondary N) is 1. The topological polar surface area (TPSA) is 83.3 Å². The number of ether oxygens (including phenoxy) is 1. The quantitative estimate of drug-likeness (QED) is 0.664. The number of thiazole rings is 1. The third-order valence-electron chi connectivity index (χ3n) is 5.75. The van der Waals surface area contributed by atoms with Gasteiger partial charge in [0.25, 0.3) is 0 Å². The maximum atomic E-state index is 15.2. The Hall–Kier alpha value is -2.65. The van der Waals surface area contributed by atoms with Crippen molar-refractivity contribution in [1.82, 2.24) is 9.72 Å². The summed E-state index contributed by atoms with van der Waals surface area (Å²) in [4.78, 5) is 27.0. The van der Waals surface area contributed by atoms with Gasteiger partial charge >= 0.3 is 5.97 Å². The molecular weight excluding hydrogens is 397 g/mol. The molecule has 9 heteroatoms. The van der Waals surface area contributed by atoms with Crippen LogP contribution in [0.3, 0.4) is 0 Å². The molecule has 1 atom stereocenters. The van der Waals surface area contributed by atoms with E-state index in [1.165, 1.54) is 17.4 Å². The fourth-order valence-corrected chi connectivity index (χ4v) is 5.46. The third-order valence-corrected chi connectivity index (χ3v) is 6.75. The fraction of sp³-hybridized carbons (Fsp3) is 0.400. The van der Waals surface area contributed by atoms with Gasteiger partial charge in [-0.3, -0.25) is 9.20 Å². The van der Waals surface area contributed by atoms with Gasteiger partial charge in [-0.2, -0.15) is 0 Å². The molecule has 0 aliphatic carbocycles. The Kier molecular flexibility index (Phi) is 4.25. The van der Waals surface area contributed by atoms with E-state index in [2.05, 4.69) is 12.2 Å². The standard InChI is InChI=1S/C20H20FN3O4S/c1-2-22-6-10-3-4-23(7-10)16-13(21)5-12-15-18(16)28-8-11-9-29-19(24(11)15)14(17(12)25)20(26)27/h5,9-10,22H,2-4,6-8H2,1H3,(H,26,27). The third kappa shape index (κ3) is 2.64. The highest BCUT2D eigenvalue weighted by atomic mass is 32.1. The summed E-state index contributed by atoms with van der Waals surface area (Å²) in [5.41, 5.74) is 0.591. The van der Waals surface area contributed by atoms with E-state index in [9.17, 15) is 14.7 Å². The maximum Gasteiger partial charge on any atom is 0.342 e. The largest absolute Gasteiger partial charge is 0.483 e. The summed E-state index contributed by atoms with van der Waals surface area (Å²) in [5.74, 6) is -1.11. The van der Waals surface area contributed by atoms with Crippen LogP contribution in [0, 0.1) is 11.7 Å². The number of aromatic nitrogens is 1. The first kappa shape index (κ1) is 18.4. The van der Waals surface area contributed by atoms with E-state index in [1.54, 1.807) is 9.78 Å². The number of aromatic carboxylic acids is 1. The second-order valence-electron chi connectivity index (χ2n) is 7.51. The van der Waals surface area contributed by atoms with E-state index in [0.29, 0.717) is 40.8 Å². The van der Waals surface area contributed by atoms with E-state index >= 15 is 4.39 Å². The number of hydrogen-bond donors (Lipinski definition) is 2. The normalized spacial score (nSPS) is 18.1. The molecule has 2 aliphatic rings. The molecule has 29 heavy (non-hydrogen) atoms. The van der Waals surface area contributed by atoms with E-state index in [1.807, 2.05) is 4.90 Å². The number of carbonyl (C=O) groups is 1. The van der Waals surface area contributed by atoms with Crippen molar-refractivity contribution >= 4 is 38.7 Å². The highest BCUT2D eigenvalue weighted by molar-refractivity contribution is 7.16. The van der Waals surface area contributed by atoms with Crippen molar-refractivity contribution in [2.24, 2.45) is 5.92 Å². The maximum absolute atomic E-state index is 15.2. The first-order valence-corrected chi connectivity index (χ1v) is 10.5.